The molecule has 12 heteroatoms. The van der Waals surface area contributed by atoms with Gasteiger partial charge >= 0.3 is 10.1 Å². The summed E-state index contributed by atoms with van der Waals surface area (Å²) in [6.45, 7) is 0.453. The van der Waals surface area contributed by atoms with Crippen molar-refractivity contribution in [3.8, 4) is 0 Å². The molecule has 2 N–H and O–H groups in total. The van der Waals surface area contributed by atoms with E-state index < -0.39 is 36.7 Å². The van der Waals surface area contributed by atoms with Crippen LogP contribution in [0.15, 0.2) is 47.4 Å². The van der Waals surface area contributed by atoms with Gasteiger partial charge in [0.2, 0.25) is 10.0 Å². The lowest BCUT2D eigenvalue weighted by Gasteiger charge is -2.35. The van der Waals surface area contributed by atoms with Crippen LogP contribution in [-0.2, 0) is 30.8 Å². The lowest BCUT2D eigenvalue weighted by atomic mass is 10.2. The zero-order valence-electron chi connectivity index (χ0n) is 15.9. The molecule has 0 unspecified atom stereocenters. The van der Waals surface area contributed by atoms with Gasteiger partial charge in [-0.15, -0.1) is 0 Å². The highest BCUT2D eigenvalue weighted by Gasteiger charge is 2.29. The zero-order chi connectivity index (χ0) is 21.9. The summed E-state index contributed by atoms with van der Waals surface area (Å²) in [7, 11) is -8.11. The molecule has 164 valence electrons. The van der Waals surface area contributed by atoms with Crippen molar-refractivity contribution in [2.45, 2.75) is 11.3 Å². The summed E-state index contributed by atoms with van der Waals surface area (Å²) in [5, 5.41) is 0. The Morgan fingerprint density at radius 3 is 2.17 bits per heavy atom. The van der Waals surface area contributed by atoms with Crippen LogP contribution in [0.1, 0.15) is 5.56 Å². The molecule has 3 rings (SSSR count). The second-order valence-electron chi connectivity index (χ2n) is 6.72. The molecule has 0 radical (unpaired) electrons. The van der Waals surface area contributed by atoms with E-state index in [4.69, 9.17) is 0 Å². The van der Waals surface area contributed by atoms with Crippen LogP contribution in [0, 0.1) is 11.6 Å². The molecule has 1 heterocycles. The summed E-state index contributed by atoms with van der Waals surface area (Å²) in [6.07, 6.45) is 0.377. The van der Waals surface area contributed by atoms with Gasteiger partial charge in [0.05, 0.1) is 11.4 Å². The average Bonchev–Trinajstić information content (AvgIpc) is 2.74. The molecule has 8 nitrogen and oxygen atoms in total. The summed E-state index contributed by atoms with van der Waals surface area (Å²) >= 11 is 0. The van der Waals surface area contributed by atoms with Gasteiger partial charge in [0.25, 0.3) is 0 Å². The third-order valence-electron chi connectivity index (χ3n) is 4.86. The van der Waals surface area contributed by atoms with Crippen molar-refractivity contribution >= 4 is 25.8 Å². The summed E-state index contributed by atoms with van der Waals surface area (Å²) in [4.78, 5) is 0.454. The molecule has 30 heavy (non-hydrogen) atoms. The van der Waals surface area contributed by atoms with Crippen molar-refractivity contribution in [1.82, 2.24) is 4.31 Å². The van der Waals surface area contributed by atoms with E-state index in [0.717, 1.165) is 11.6 Å². The third kappa shape index (κ3) is 4.95. The van der Waals surface area contributed by atoms with Gasteiger partial charge in [-0.05, 0) is 12.0 Å². The fourth-order valence-electron chi connectivity index (χ4n) is 3.23. The molecule has 1 aliphatic rings. The Balaban J connectivity index is 1.67. The molecule has 0 atom stereocenters. The maximum atomic E-state index is 14.4. The standard InChI is InChI=1S/C18H21F2N3O5S2/c19-15-13-18(30(26,27)28-21)16(20)12-17(15)22-7-9-23(10-8-22)29(24,25)11-6-14-4-2-1-3-5-14/h1-5,12-13H,6-11,21H2. The van der Waals surface area contributed by atoms with E-state index in [1.54, 1.807) is 0 Å². The maximum absolute atomic E-state index is 14.4. The van der Waals surface area contributed by atoms with Crippen molar-refractivity contribution in [1.29, 1.82) is 0 Å². The molecule has 0 amide bonds. The molecule has 2 aromatic rings. The summed E-state index contributed by atoms with van der Waals surface area (Å²) in [5.74, 6) is 2.36. The second-order valence-corrected chi connectivity index (χ2v) is 10.4. The van der Waals surface area contributed by atoms with E-state index in [2.05, 4.69) is 10.2 Å². The van der Waals surface area contributed by atoms with Crippen molar-refractivity contribution in [2.24, 2.45) is 5.90 Å². The van der Waals surface area contributed by atoms with E-state index in [1.807, 2.05) is 30.3 Å². The lowest BCUT2D eigenvalue weighted by Crippen LogP contribution is -2.49. The molecule has 0 aliphatic carbocycles. The fraction of sp³-hybridized carbons (Fsp3) is 0.333. The Morgan fingerprint density at radius 2 is 1.57 bits per heavy atom. The molecule has 0 spiro atoms. The van der Waals surface area contributed by atoms with Crippen LogP contribution < -0.4 is 10.8 Å². The van der Waals surface area contributed by atoms with Crippen LogP contribution in [-0.4, -0.2) is 53.1 Å². The number of nitrogens with two attached hydrogens (primary N) is 1. The van der Waals surface area contributed by atoms with Crippen LogP contribution >= 0.6 is 0 Å². The van der Waals surface area contributed by atoms with Gasteiger partial charge in [-0.2, -0.15) is 22.9 Å². The first-order chi connectivity index (χ1) is 14.1. The Bertz CT molecular complexity index is 1100. The molecular formula is C18H21F2N3O5S2. The highest BCUT2D eigenvalue weighted by molar-refractivity contribution is 7.89. The highest BCUT2D eigenvalue weighted by Crippen LogP contribution is 2.27. The van der Waals surface area contributed by atoms with Crippen LogP contribution in [0.25, 0.3) is 0 Å². The number of aryl methyl sites for hydroxylation is 1. The molecule has 1 fully saturated rings. The molecule has 0 aromatic heterocycles. The number of rotatable bonds is 7. The molecular weight excluding hydrogens is 440 g/mol. The number of piperazine rings is 1. The Labute approximate surface area is 174 Å². The Morgan fingerprint density at radius 1 is 0.933 bits per heavy atom. The number of anilines is 1. The Hall–Kier alpha value is -2.12. The van der Waals surface area contributed by atoms with Gasteiger partial charge in [-0.1, -0.05) is 30.3 Å². The van der Waals surface area contributed by atoms with Crippen LogP contribution in [0.3, 0.4) is 0 Å². The van der Waals surface area contributed by atoms with Crippen molar-refractivity contribution < 1.29 is 29.9 Å². The van der Waals surface area contributed by atoms with Gasteiger partial charge in [-0.3, -0.25) is 0 Å². The third-order valence-corrected chi connectivity index (χ3v) is 7.84. The summed E-state index contributed by atoms with van der Waals surface area (Å²) in [6, 6.07) is 10.5. The van der Waals surface area contributed by atoms with Crippen LogP contribution in [0.2, 0.25) is 0 Å². The van der Waals surface area contributed by atoms with Gasteiger partial charge in [0.15, 0.2) is 0 Å². The van der Waals surface area contributed by atoms with Gasteiger partial charge in [0, 0.05) is 38.3 Å². The normalized spacial score (nSPS) is 16.0. The molecule has 1 aliphatic heterocycles. The minimum Gasteiger partial charge on any atom is -0.366 e. The number of sulfonamides is 1. The van der Waals surface area contributed by atoms with E-state index >= 15 is 0 Å². The largest absolute Gasteiger partial charge is 0.366 e. The smallest absolute Gasteiger partial charge is 0.315 e. The highest BCUT2D eigenvalue weighted by atomic mass is 32.2. The van der Waals surface area contributed by atoms with Gasteiger partial charge in [-0.25, -0.2) is 17.2 Å². The average molecular weight is 462 g/mol. The first kappa shape index (κ1) is 22.6. The van der Waals surface area contributed by atoms with E-state index in [-0.39, 0.29) is 37.6 Å². The van der Waals surface area contributed by atoms with E-state index in [1.165, 1.54) is 9.21 Å². The van der Waals surface area contributed by atoms with Crippen molar-refractivity contribution in [2.75, 3.05) is 36.8 Å². The first-order valence-corrected chi connectivity index (χ1v) is 12.0. The zero-order valence-corrected chi connectivity index (χ0v) is 17.5. The number of hydrogen-bond acceptors (Lipinski definition) is 7. The van der Waals surface area contributed by atoms with E-state index in [0.29, 0.717) is 12.5 Å². The fourth-order valence-corrected chi connectivity index (χ4v) is 5.35. The minimum atomic E-state index is -4.60. The number of hydrogen-bond donors (Lipinski definition) is 1. The summed E-state index contributed by atoms with van der Waals surface area (Å²) in [5.41, 5.74) is 0.749. The predicted molar refractivity (Wildman–Crippen MR) is 107 cm³/mol. The quantitative estimate of drug-likeness (QED) is 0.618. The minimum absolute atomic E-state index is 0.0500. The number of halogens is 2. The number of benzene rings is 2. The van der Waals surface area contributed by atoms with Gasteiger partial charge < -0.3 is 4.90 Å². The monoisotopic (exact) mass is 461 g/mol. The predicted octanol–water partition coefficient (Wildman–Crippen LogP) is 1.24. The Kier molecular flexibility index (Phi) is 6.72. The van der Waals surface area contributed by atoms with Crippen molar-refractivity contribution in [3.05, 3.63) is 59.7 Å². The van der Waals surface area contributed by atoms with Crippen LogP contribution in [0.5, 0.6) is 0 Å². The molecule has 2 aromatic carbocycles. The van der Waals surface area contributed by atoms with E-state index in [9.17, 15) is 25.6 Å². The molecule has 1 saturated heterocycles. The summed E-state index contributed by atoms with van der Waals surface area (Å²) < 4.78 is 81.9. The molecule has 0 saturated carbocycles. The number of nitrogens with zero attached hydrogens (tertiary/aromatic N) is 2. The lowest BCUT2D eigenvalue weighted by molar-refractivity contribution is 0.329. The van der Waals surface area contributed by atoms with Crippen LogP contribution in [0.4, 0.5) is 14.5 Å². The second kappa shape index (κ2) is 8.94. The topological polar surface area (TPSA) is 110 Å². The maximum Gasteiger partial charge on any atom is 0.315 e. The SMILES string of the molecule is NOS(=O)(=O)c1cc(F)c(N2CCN(S(=O)(=O)CCc3ccccc3)CC2)cc1F. The van der Waals surface area contributed by atoms with Crippen molar-refractivity contribution in [3.63, 3.8) is 0 Å². The first-order valence-electron chi connectivity index (χ1n) is 9.03. The van der Waals surface area contributed by atoms with Gasteiger partial charge in [0.1, 0.15) is 16.5 Å². The molecule has 0 bridgehead atoms.